The van der Waals surface area contributed by atoms with Crippen molar-refractivity contribution in [2.45, 2.75) is 39.0 Å². The highest BCUT2D eigenvalue weighted by Crippen LogP contribution is 2.21. The van der Waals surface area contributed by atoms with Crippen molar-refractivity contribution in [3.63, 3.8) is 0 Å². The number of hydrogen-bond acceptors (Lipinski definition) is 7. The Hall–Kier alpha value is -4.39. The fourth-order valence-corrected chi connectivity index (χ4v) is 3.49. The molecule has 0 unspecified atom stereocenters. The SMILES string of the molecule is C=CC(=O)OCCCCCOc1ccc(C(=O)Oc2ccc(OC(=O)c3ccc(CCC)cc3)cc2)cc1. The minimum Gasteiger partial charge on any atom is -0.494 e. The van der Waals surface area contributed by atoms with Crippen LogP contribution in [0.1, 0.15) is 58.9 Å². The van der Waals surface area contributed by atoms with E-state index < -0.39 is 17.9 Å². The second-order valence-electron chi connectivity index (χ2n) is 8.50. The van der Waals surface area contributed by atoms with Crippen LogP contribution in [0.5, 0.6) is 17.2 Å². The minimum absolute atomic E-state index is 0.331. The molecule has 7 nitrogen and oxygen atoms in total. The van der Waals surface area contributed by atoms with Crippen LogP contribution >= 0.6 is 0 Å². The van der Waals surface area contributed by atoms with Gasteiger partial charge in [-0.1, -0.05) is 32.1 Å². The number of carbonyl (C=O) groups is 3. The lowest BCUT2D eigenvalue weighted by Gasteiger charge is -2.09. The van der Waals surface area contributed by atoms with Crippen molar-refractivity contribution in [1.82, 2.24) is 0 Å². The van der Waals surface area contributed by atoms with Gasteiger partial charge >= 0.3 is 17.9 Å². The summed E-state index contributed by atoms with van der Waals surface area (Å²) in [4.78, 5) is 35.8. The molecule has 0 fully saturated rings. The van der Waals surface area contributed by atoms with Gasteiger partial charge in [-0.15, -0.1) is 0 Å². The normalized spacial score (nSPS) is 10.3. The van der Waals surface area contributed by atoms with E-state index >= 15 is 0 Å². The number of aryl methyl sites for hydroxylation is 1. The Balaban J connectivity index is 1.40. The Morgan fingerprint density at radius 2 is 1.18 bits per heavy atom. The van der Waals surface area contributed by atoms with Crippen molar-refractivity contribution in [1.29, 1.82) is 0 Å². The molecule has 0 amide bonds. The first-order valence-electron chi connectivity index (χ1n) is 12.6. The lowest BCUT2D eigenvalue weighted by atomic mass is 10.1. The van der Waals surface area contributed by atoms with Gasteiger partial charge in [0.05, 0.1) is 24.3 Å². The number of hydrogen-bond donors (Lipinski definition) is 0. The molecular formula is C31H32O7. The maximum atomic E-state index is 12.5. The van der Waals surface area contributed by atoms with E-state index in [4.69, 9.17) is 18.9 Å². The summed E-state index contributed by atoms with van der Waals surface area (Å²) in [6.45, 7) is 6.33. The summed E-state index contributed by atoms with van der Waals surface area (Å²) >= 11 is 0. The summed E-state index contributed by atoms with van der Waals surface area (Å²) in [7, 11) is 0. The number of rotatable bonds is 14. The van der Waals surface area contributed by atoms with E-state index in [9.17, 15) is 14.4 Å². The number of carbonyl (C=O) groups excluding carboxylic acids is 3. The van der Waals surface area contributed by atoms with Gasteiger partial charge in [0.2, 0.25) is 0 Å². The number of unbranched alkanes of at least 4 members (excludes halogenated alkanes) is 2. The standard InChI is InChI=1S/C31H32O7/c1-3-8-23-9-11-24(12-10-23)30(33)37-27-17-19-28(20-18-27)38-31(34)25-13-15-26(16-14-25)35-21-6-5-7-22-36-29(32)4-2/h4,9-20H,2-3,5-8,21-22H2,1H3. The second kappa shape index (κ2) is 15.0. The Bertz CT molecular complexity index is 1200. The molecule has 0 aliphatic carbocycles. The molecule has 0 saturated heterocycles. The Morgan fingerprint density at radius 1 is 0.684 bits per heavy atom. The van der Waals surface area contributed by atoms with Crippen LogP contribution in [0.3, 0.4) is 0 Å². The zero-order valence-electron chi connectivity index (χ0n) is 21.5. The molecule has 7 heteroatoms. The number of esters is 3. The van der Waals surface area contributed by atoms with E-state index in [0.717, 1.165) is 38.2 Å². The first kappa shape index (κ1) is 28.2. The molecule has 198 valence electrons. The fourth-order valence-electron chi connectivity index (χ4n) is 3.49. The van der Waals surface area contributed by atoms with Crippen molar-refractivity contribution in [2.75, 3.05) is 13.2 Å². The fraction of sp³-hybridized carbons (Fsp3) is 0.258. The molecule has 0 bridgehead atoms. The maximum Gasteiger partial charge on any atom is 0.343 e. The van der Waals surface area contributed by atoms with Crippen molar-refractivity contribution >= 4 is 17.9 Å². The molecule has 0 atom stereocenters. The van der Waals surface area contributed by atoms with E-state index in [1.54, 1.807) is 60.7 Å². The summed E-state index contributed by atoms with van der Waals surface area (Å²) in [5.41, 5.74) is 2.03. The smallest absolute Gasteiger partial charge is 0.343 e. The van der Waals surface area contributed by atoms with Crippen LogP contribution in [0, 0.1) is 0 Å². The zero-order chi connectivity index (χ0) is 27.2. The van der Waals surface area contributed by atoms with Gasteiger partial charge in [-0.3, -0.25) is 0 Å². The number of ether oxygens (including phenoxy) is 4. The third-order valence-corrected chi connectivity index (χ3v) is 5.53. The van der Waals surface area contributed by atoms with E-state index in [1.807, 2.05) is 12.1 Å². The van der Waals surface area contributed by atoms with E-state index in [2.05, 4.69) is 13.5 Å². The molecule has 0 aromatic heterocycles. The van der Waals surface area contributed by atoms with Gasteiger partial charge in [-0.25, -0.2) is 14.4 Å². The highest BCUT2D eigenvalue weighted by Gasteiger charge is 2.11. The van der Waals surface area contributed by atoms with Crippen LogP contribution in [-0.4, -0.2) is 31.1 Å². The van der Waals surface area contributed by atoms with Crippen LogP contribution in [0.25, 0.3) is 0 Å². The Kier molecular flexibility index (Phi) is 11.1. The van der Waals surface area contributed by atoms with Crippen molar-refractivity contribution in [3.05, 3.63) is 102 Å². The molecule has 0 aliphatic heterocycles. The lowest BCUT2D eigenvalue weighted by Crippen LogP contribution is -2.09. The second-order valence-corrected chi connectivity index (χ2v) is 8.50. The van der Waals surface area contributed by atoms with Gasteiger partial charge in [0, 0.05) is 6.08 Å². The molecular weight excluding hydrogens is 484 g/mol. The monoisotopic (exact) mass is 516 g/mol. The number of benzene rings is 3. The van der Waals surface area contributed by atoms with Crippen LogP contribution < -0.4 is 14.2 Å². The Labute approximate surface area is 223 Å². The highest BCUT2D eigenvalue weighted by molar-refractivity contribution is 5.92. The van der Waals surface area contributed by atoms with Crippen LogP contribution in [0.2, 0.25) is 0 Å². The summed E-state index contributed by atoms with van der Waals surface area (Å²) in [5.74, 6) is -0.0473. The van der Waals surface area contributed by atoms with E-state index in [-0.39, 0.29) is 0 Å². The van der Waals surface area contributed by atoms with Gasteiger partial charge in [0.25, 0.3) is 0 Å². The quantitative estimate of drug-likeness (QED) is 0.107. The highest BCUT2D eigenvalue weighted by atomic mass is 16.5. The third kappa shape index (κ3) is 9.24. The molecule has 38 heavy (non-hydrogen) atoms. The van der Waals surface area contributed by atoms with Crippen molar-refractivity contribution < 1.29 is 33.3 Å². The molecule has 0 spiro atoms. The summed E-state index contributed by atoms with van der Waals surface area (Å²) in [6, 6.07) is 20.3. The molecule has 3 aromatic carbocycles. The molecule has 0 saturated carbocycles. The molecule has 3 rings (SSSR count). The van der Waals surface area contributed by atoms with Gasteiger partial charge in [-0.05, 0) is 91.9 Å². The summed E-state index contributed by atoms with van der Waals surface area (Å²) < 4.78 is 21.4. The first-order chi connectivity index (χ1) is 18.5. The van der Waals surface area contributed by atoms with Crippen molar-refractivity contribution in [2.24, 2.45) is 0 Å². The molecule has 0 aliphatic rings. The first-order valence-corrected chi connectivity index (χ1v) is 12.6. The molecule has 0 radical (unpaired) electrons. The molecule has 3 aromatic rings. The van der Waals surface area contributed by atoms with Crippen LogP contribution in [0.15, 0.2) is 85.5 Å². The van der Waals surface area contributed by atoms with Gasteiger partial charge in [-0.2, -0.15) is 0 Å². The molecule has 0 N–H and O–H groups in total. The third-order valence-electron chi connectivity index (χ3n) is 5.53. The predicted octanol–water partition coefficient (Wildman–Crippen LogP) is 6.36. The van der Waals surface area contributed by atoms with Gasteiger partial charge < -0.3 is 18.9 Å². The minimum atomic E-state index is -0.512. The lowest BCUT2D eigenvalue weighted by molar-refractivity contribution is -0.137. The van der Waals surface area contributed by atoms with Crippen LogP contribution in [-0.2, 0) is 16.0 Å². The molecule has 0 heterocycles. The zero-order valence-corrected chi connectivity index (χ0v) is 21.5. The van der Waals surface area contributed by atoms with Gasteiger partial charge in [0.1, 0.15) is 17.2 Å². The average Bonchev–Trinajstić information content (AvgIpc) is 2.94. The van der Waals surface area contributed by atoms with E-state index in [1.165, 1.54) is 5.56 Å². The van der Waals surface area contributed by atoms with Crippen molar-refractivity contribution in [3.8, 4) is 17.2 Å². The topological polar surface area (TPSA) is 88.1 Å². The predicted molar refractivity (Wildman–Crippen MR) is 144 cm³/mol. The Morgan fingerprint density at radius 3 is 1.71 bits per heavy atom. The largest absolute Gasteiger partial charge is 0.494 e. The average molecular weight is 517 g/mol. The maximum absolute atomic E-state index is 12.5. The van der Waals surface area contributed by atoms with Gasteiger partial charge in [0.15, 0.2) is 0 Å². The van der Waals surface area contributed by atoms with Crippen LogP contribution in [0.4, 0.5) is 0 Å². The summed E-state index contributed by atoms with van der Waals surface area (Å²) in [6.07, 6.45) is 5.58. The van der Waals surface area contributed by atoms with E-state index in [0.29, 0.717) is 41.6 Å². The summed E-state index contributed by atoms with van der Waals surface area (Å²) in [5, 5.41) is 0.